The molecule has 0 unspecified atom stereocenters. The highest BCUT2D eigenvalue weighted by Gasteiger charge is 2.37. The van der Waals surface area contributed by atoms with Crippen LogP contribution in [0.5, 0.6) is 0 Å². The lowest BCUT2D eigenvalue weighted by Crippen LogP contribution is -2.47. The van der Waals surface area contributed by atoms with Crippen LogP contribution in [0.2, 0.25) is 0 Å². The highest BCUT2D eigenvalue weighted by molar-refractivity contribution is 9.09. The molecule has 0 radical (unpaired) electrons. The summed E-state index contributed by atoms with van der Waals surface area (Å²) in [7, 11) is 1.60. The Morgan fingerprint density at radius 3 is 2.63 bits per heavy atom. The van der Waals surface area contributed by atoms with Gasteiger partial charge in [-0.2, -0.15) is 0 Å². The Bertz CT molecular complexity index is 411. The number of hydrogen-bond donors (Lipinski definition) is 0. The quantitative estimate of drug-likeness (QED) is 0.632. The van der Waals surface area contributed by atoms with Gasteiger partial charge in [0.1, 0.15) is 6.10 Å². The highest BCUT2D eigenvalue weighted by Crippen LogP contribution is 2.28. The van der Waals surface area contributed by atoms with Crippen molar-refractivity contribution in [3.8, 4) is 0 Å². The number of benzene rings is 1. The Morgan fingerprint density at radius 2 is 2.05 bits per heavy atom. The van der Waals surface area contributed by atoms with Crippen molar-refractivity contribution in [3.05, 3.63) is 35.9 Å². The van der Waals surface area contributed by atoms with Crippen LogP contribution in [0.4, 0.5) is 0 Å². The number of halogens is 1. The fourth-order valence-electron chi connectivity index (χ4n) is 2.07. The number of alkyl halides is 1. The van der Waals surface area contributed by atoms with Crippen LogP contribution in [0.3, 0.4) is 0 Å². The number of methoxy groups -OCH3 is 1. The van der Waals surface area contributed by atoms with Crippen LogP contribution in [0.25, 0.3) is 0 Å². The van der Waals surface area contributed by atoms with Crippen LogP contribution < -0.4 is 0 Å². The van der Waals surface area contributed by atoms with E-state index in [4.69, 9.17) is 14.2 Å². The second-order valence-corrected chi connectivity index (χ2v) is 5.67. The Hall–Kier alpha value is -0.910. The zero-order chi connectivity index (χ0) is 13.8. The fraction of sp³-hybridized carbons (Fsp3) is 0.500. The first kappa shape index (κ1) is 14.5. The Morgan fingerprint density at radius 1 is 1.37 bits per heavy atom. The summed E-state index contributed by atoms with van der Waals surface area (Å²) in [6, 6.07) is 8.95. The molecular formula is C14H17BrO4. The molecule has 1 aromatic rings. The van der Waals surface area contributed by atoms with Gasteiger partial charge in [0.25, 0.3) is 0 Å². The fourth-order valence-corrected chi connectivity index (χ4v) is 2.91. The van der Waals surface area contributed by atoms with Gasteiger partial charge in [0.15, 0.2) is 6.29 Å². The molecule has 104 valence electrons. The van der Waals surface area contributed by atoms with Crippen molar-refractivity contribution in [1.29, 1.82) is 0 Å². The van der Waals surface area contributed by atoms with Crippen molar-refractivity contribution in [2.75, 3.05) is 7.11 Å². The van der Waals surface area contributed by atoms with Crippen LogP contribution in [-0.2, 0) is 14.2 Å². The normalized spacial score (nSPS) is 30.9. The van der Waals surface area contributed by atoms with E-state index in [-0.39, 0.29) is 29.3 Å². The minimum absolute atomic E-state index is 0.0221. The Labute approximate surface area is 121 Å². The standard InChI is InChI=1S/C14H17BrO4/c1-9-13(11(15)8-12(17-2)18-9)19-14(16)10-6-4-3-5-7-10/h3-7,9,11-13H,8H2,1-2H3/t9-,11-,12-,13-/m1/s1. The van der Waals surface area contributed by atoms with E-state index in [0.717, 1.165) is 0 Å². The number of ether oxygens (including phenoxy) is 3. The molecule has 4 atom stereocenters. The number of esters is 1. The first-order valence-corrected chi connectivity index (χ1v) is 7.11. The molecule has 0 amide bonds. The van der Waals surface area contributed by atoms with Crippen molar-refractivity contribution in [2.45, 2.75) is 36.7 Å². The summed E-state index contributed by atoms with van der Waals surface area (Å²) < 4.78 is 16.3. The van der Waals surface area contributed by atoms with Crippen molar-refractivity contribution in [1.82, 2.24) is 0 Å². The van der Waals surface area contributed by atoms with Crippen molar-refractivity contribution in [3.63, 3.8) is 0 Å². The summed E-state index contributed by atoms with van der Waals surface area (Å²) in [6.45, 7) is 1.88. The smallest absolute Gasteiger partial charge is 0.338 e. The molecule has 1 aromatic carbocycles. The Kier molecular flexibility index (Phi) is 4.96. The van der Waals surface area contributed by atoms with E-state index < -0.39 is 0 Å². The maximum Gasteiger partial charge on any atom is 0.338 e. The molecule has 0 aromatic heterocycles. The van der Waals surface area contributed by atoms with Crippen molar-refractivity contribution >= 4 is 21.9 Å². The third kappa shape index (κ3) is 3.55. The maximum atomic E-state index is 12.0. The van der Waals surface area contributed by atoms with Crippen LogP contribution in [-0.4, -0.2) is 36.4 Å². The van der Waals surface area contributed by atoms with Gasteiger partial charge >= 0.3 is 5.97 Å². The molecule has 1 aliphatic heterocycles. The van der Waals surface area contributed by atoms with Gasteiger partial charge < -0.3 is 14.2 Å². The van der Waals surface area contributed by atoms with E-state index in [1.54, 1.807) is 19.2 Å². The topological polar surface area (TPSA) is 44.8 Å². The Balaban J connectivity index is 2.01. The zero-order valence-corrected chi connectivity index (χ0v) is 12.5. The lowest BCUT2D eigenvalue weighted by atomic mass is 10.1. The molecule has 1 saturated heterocycles. The van der Waals surface area contributed by atoms with E-state index in [1.165, 1.54) is 0 Å². The molecule has 0 aliphatic carbocycles. The van der Waals surface area contributed by atoms with E-state index in [2.05, 4.69) is 15.9 Å². The van der Waals surface area contributed by atoms with Crippen LogP contribution in [0.1, 0.15) is 23.7 Å². The predicted octanol–water partition coefficient (Wildman–Crippen LogP) is 2.76. The van der Waals surface area contributed by atoms with Gasteiger partial charge in [-0.1, -0.05) is 34.1 Å². The van der Waals surface area contributed by atoms with E-state index in [0.29, 0.717) is 12.0 Å². The van der Waals surface area contributed by atoms with Crippen LogP contribution >= 0.6 is 15.9 Å². The van der Waals surface area contributed by atoms with Gasteiger partial charge in [0, 0.05) is 13.5 Å². The summed E-state index contributed by atoms with van der Waals surface area (Å²) in [4.78, 5) is 12.0. The second kappa shape index (κ2) is 6.50. The first-order valence-electron chi connectivity index (χ1n) is 6.20. The van der Waals surface area contributed by atoms with E-state index >= 15 is 0 Å². The SMILES string of the molecule is CO[C@H]1C[C@@H](Br)[C@H](OC(=O)c2ccccc2)[C@@H](C)O1. The number of carbonyl (C=O) groups excluding carboxylic acids is 1. The van der Waals surface area contributed by atoms with Gasteiger partial charge in [-0.25, -0.2) is 4.79 Å². The summed E-state index contributed by atoms with van der Waals surface area (Å²) in [5, 5.41) is 0. The number of carbonyl (C=O) groups is 1. The van der Waals surface area contributed by atoms with Gasteiger partial charge in [-0.05, 0) is 19.1 Å². The zero-order valence-electron chi connectivity index (χ0n) is 10.9. The molecule has 4 nitrogen and oxygen atoms in total. The number of rotatable bonds is 3. The molecule has 0 saturated carbocycles. The molecule has 19 heavy (non-hydrogen) atoms. The molecule has 1 heterocycles. The molecule has 0 bridgehead atoms. The lowest BCUT2D eigenvalue weighted by Gasteiger charge is -2.36. The first-order chi connectivity index (χ1) is 9.11. The molecule has 0 N–H and O–H groups in total. The van der Waals surface area contributed by atoms with Gasteiger partial charge in [0.2, 0.25) is 0 Å². The third-order valence-electron chi connectivity index (χ3n) is 3.12. The average Bonchev–Trinajstić information content (AvgIpc) is 2.43. The van der Waals surface area contributed by atoms with Crippen LogP contribution in [0.15, 0.2) is 30.3 Å². The van der Waals surface area contributed by atoms with Crippen molar-refractivity contribution < 1.29 is 19.0 Å². The monoisotopic (exact) mass is 328 g/mol. The summed E-state index contributed by atoms with van der Waals surface area (Å²) in [6.07, 6.45) is -0.144. The summed E-state index contributed by atoms with van der Waals surface area (Å²) >= 11 is 3.54. The summed E-state index contributed by atoms with van der Waals surface area (Å²) in [5.41, 5.74) is 0.545. The molecule has 1 aliphatic rings. The highest BCUT2D eigenvalue weighted by atomic mass is 79.9. The van der Waals surface area contributed by atoms with E-state index in [1.807, 2.05) is 25.1 Å². The minimum Gasteiger partial charge on any atom is -0.455 e. The van der Waals surface area contributed by atoms with Gasteiger partial charge in [-0.15, -0.1) is 0 Å². The third-order valence-corrected chi connectivity index (χ3v) is 4.01. The van der Waals surface area contributed by atoms with Gasteiger partial charge in [-0.3, -0.25) is 0 Å². The largest absolute Gasteiger partial charge is 0.455 e. The minimum atomic E-state index is -0.332. The molecular weight excluding hydrogens is 312 g/mol. The molecule has 0 spiro atoms. The molecule has 2 rings (SSSR count). The van der Waals surface area contributed by atoms with Crippen LogP contribution in [0, 0.1) is 0 Å². The van der Waals surface area contributed by atoms with E-state index in [9.17, 15) is 4.79 Å². The summed E-state index contributed by atoms with van der Waals surface area (Å²) in [5.74, 6) is -0.332. The lowest BCUT2D eigenvalue weighted by molar-refractivity contribution is -0.203. The van der Waals surface area contributed by atoms with Gasteiger partial charge in [0.05, 0.1) is 16.5 Å². The average molecular weight is 329 g/mol. The molecule has 5 heteroatoms. The maximum absolute atomic E-state index is 12.0. The number of hydrogen-bond acceptors (Lipinski definition) is 4. The molecule has 1 fully saturated rings. The second-order valence-electron chi connectivity index (χ2n) is 4.49. The van der Waals surface area contributed by atoms with Crippen molar-refractivity contribution in [2.24, 2.45) is 0 Å². The predicted molar refractivity (Wildman–Crippen MR) is 74.3 cm³/mol.